The largest absolute Gasteiger partial charge is 0.348 e. The Morgan fingerprint density at radius 2 is 1.53 bits per heavy atom. The molecular weight excluding hydrogens is 555 g/mol. The topological polar surface area (TPSA) is 50.3 Å². The molecule has 0 aliphatic carbocycles. The van der Waals surface area contributed by atoms with Gasteiger partial charge in [0, 0.05) is 24.9 Å². The summed E-state index contributed by atoms with van der Waals surface area (Å²) in [6.45, 7) is 14.1. The number of rotatable bonds is 8. The summed E-state index contributed by atoms with van der Waals surface area (Å²) in [5.41, 5.74) is 5.19. The van der Waals surface area contributed by atoms with Gasteiger partial charge in [0.25, 0.3) is 0 Å². The molecule has 0 bridgehead atoms. The van der Waals surface area contributed by atoms with Crippen molar-refractivity contribution in [3.63, 3.8) is 0 Å². The Hall–Kier alpha value is -1.60. The lowest BCUT2D eigenvalue weighted by Gasteiger charge is -2.33. The molecule has 1 saturated heterocycles. The predicted molar refractivity (Wildman–Crippen MR) is 163 cm³/mol. The van der Waals surface area contributed by atoms with E-state index >= 15 is 0 Å². The molecule has 4 rings (SSSR count). The monoisotopic (exact) mass is 592 g/mol. The van der Waals surface area contributed by atoms with Crippen molar-refractivity contribution in [1.82, 2.24) is 4.98 Å². The van der Waals surface area contributed by atoms with Crippen molar-refractivity contribution >= 4 is 49.5 Å². The van der Waals surface area contributed by atoms with Gasteiger partial charge >= 0.3 is 0 Å². The molecule has 0 unspecified atom stereocenters. The molecule has 206 valence electrons. The van der Waals surface area contributed by atoms with E-state index in [4.69, 9.17) is 28.2 Å². The average Bonchev–Trinajstić information content (AvgIpc) is 3.33. The highest BCUT2D eigenvalue weighted by Crippen LogP contribution is 2.39. The highest BCUT2D eigenvalue weighted by Gasteiger charge is 2.36. The second-order valence-corrected chi connectivity index (χ2v) is 15.1. The van der Waals surface area contributed by atoms with Crippen molar-refractivity contribution in [2.45, 2.75) is 88.7 Å². The third kappa shape index (κ3) is 6.24. The number of benzene rings is 2. The Balaban J connectivity index is 1.53. The van der Waals surface area contributed by atoms with E-state index in [2.05, 4.69) is 64.0 Å². The summed E-state index contributed by atoms with van der Waals surface area (Å²) in [6.07, 6.45) is 1.89. The molecule has 3 aromatic rings. The molecule has 0 N–H and O–H groups in total. The number of hydrogen-bond acceptors (Lipinski definition) is 5. The van der Waals surface area contributed by atoms with Crippen molar-refractivity contribution < 1.29 is 8.42 Å². The summed E-state index contributed by atoms with van der Waals surface area (Å²) >= 11 is 13.8. The lowest BCUT2D eigenvalue weighted by molar-refractivity contribution is 0.526. The number of halogens is 2. The molecule has 2 aromatic carbocycles. The molecule has 0 radical (unpaired) electrons. The molecule has 38 heavy (non-hydrogen) atoms. The van der Waals surface area contributed by atoms with Crippen LogP contribution in [0.5, 0.6) is 0 Å². The van der Waals surface area contributed by atoms with Crippen molar-refractivity contribution in [3.8, 4) is 0 Å². The third-order valence-corrected chi connectivity index (χ3v) is 11.5. The highest BCUT2D eigenvalue weighted by molar-refractivity contribution is 7.92. The number of piperidine rings is 1. The van der Waals surface area contributed by atoms with Gasteiger partial charge < -0.3 is 4.90 Å². The predicted octanol–water partition coefficient (Wildman–Crippen LogP) is 8.85. The van der Waals surface area contributed by atoms with Gasteiger partial charge in [-0.25, -0.2) is 13.4 Å². The Morgan fingerprint density at radius 1 is 0.921 bits per heavy atom. The number of aromatic nitrogens is 1. The van der Waals surface area contributed by atoms with Gasteiger partial charge in [-0.3, -0.25) is 0 Å². The summed E-state index contributed by atoms with van der Waals surface area (Å²) in [5, 5.41) is 3.73. The summed E-state index contributed by atoms with van der Waals surface area (Å²) in [5.74, 6) is 0.630. The maximum absolute atomic E-state index is 14.2. The van der Waals surface area contributed by atoms with Crippen LogP contribution in [0.1, 0.15) is 100 Å². The van der Waals surface area contributed by atoms with E-state index in [-0.39, 0.29) is 17.1 Å². The van der Waals surface area contributed by atoms with E-state index in [1.165, 1.54) is 5.56 Å². The van der Waals surface area contributed by atoms with Crippen LogP contribution in [0, 0.1) is 0 Å². The second-order valence-electron chi connectivity index (χ2n) is 11.3. The molecule has 1 fully saturated rings. The van der Waals surface area contributed by atoms with Crippen LogP contribution in [-0.2, 0) is 16.3 Å². The first-order valence-electron chi connectivity index (χ1n) is 13.4. The zero-order valence-corrected chi connectivity index (χ0v) is 26.2. The fraction of sp³-hybridized carbons (Fsp3) is 0.500. The van der Waals surface area contributed by atoms with Gasteiger partial charge in [0.1, 0.15) is 0 Å². The average molecular weight is 594 g/mol. The van der Waals surface area contributed by atoms with Crippen molar-refractivity contribution in [3.05, 3.63) is 73.7 Å². The van der Waals surface area contributed by atoms with Crippen LogP contribution >= 0.6 is 34.5 Å². The minimum Gasteiger partial charge on any atom is -0.348 e. The van der Waals surface area contributed by atoms with E-state index in [0.717, 1.165) is 27.5 Å². The molecule has 0 atom stereocenters. The Bertz CT molecular complexity index is 1360. The first-order chi connectivity index (χ1) is 17.9. The molecular formula is C30H38Cl2N2O2S2. The Morgan fingerprint density at radius 3 is 2.05 bits per heavy atom. The Kier molecular flexibility index (Phi) is 9.18. The van der Waals surface area contributed by atoms with Gasteiger partial charge in [0.15, 0.2) is 15.0 Å². The molecule has 0 saturated carbocycles. The quantitative estimate of drug-likeness (QED) is 0.262. The van der Waals surface area contributed by atoms with Crippen LogP contribution in [0.25, 0.3) is 0 Å². The number of nitrogens with zero attached hydrogens (tertiary/aromatic N) is 2. The van der Waals surface area contributed by atoms with Crippen LogP contribution in [0.2, 0.25) is 10.0 Å². The Labute approximate surface area is 242 Å². The SMILES string of the molecule is CC(C)c1cc(C(C)C)c(S(=O)(=O)C2CCN(c3nc(Cc4ccc(Cl)c(Cl)c4)cs3)CC2)c(C(C)C)c1. The number of anilines is 1. The maximum atomic E-state index is 14.2. The van der Waals surface area contributed by atoms with Crippen molar-refractivity contribution in [1.29, 1.82) is 0 Å². The van der Waals surface area contributed by atoms with E-state index in [9.17, 15) is 8.42 Å². The van der Waals surface area contributed by atoms with Crippen LogP contribution < -0.4 is 4.90 Å². The highest BCUT2D eigenvalue weighted by atomic mass is 35.5. The minimum absolute atomic E-state index is 0.139. The normalized spacial score (nSPS) is 15.3. The lowest BCUT2D eigenvalue weighted by Crippen LogP contribution is -2.40. The lowest BCUT2D eigenvalue weighted by atomic mass is 9.89. The summed E-state index contributed by atoms with van der Waals surface area (Å²) in [7, 11) is -3.47. The summed E-state index contributed by atoms with van der Waals surface area (Å²) in [6, 6.07) is 9.92. The van der Waals surface area contributed by atoms with Gasteiger partial charge in [0.2, 0.25) is 0 Å². The van der Waals surface area contributed by atoms with E-state index in [0.29, 0.717) is 53.2 Å². The molecule has 4 nitrogen and oxygen atoms in total. The van der Waals surface area contributed by atoms with Crippen molar-refractivity contribution in [2.24, 2.45) is 0 Å². The molecule has 8 heteroatoms. The van der Waals surface area contributed by atoms with Gasteiger partial charge in [0.05, 0.1) is 25.9 Å². The zero-order valence-electron chi connectivity index (χ0n) is 23.1. The van der Waals surface area contributed by atoms with Crippen LogP contribution in [0.15, 0.2) is 40.6 Å². The van der Waals surface area contributed by atoms with Crippen LogP contribution in [-0.4, -0.2) is 31.7 Å². The summed E-state index contributed by atoms with van der Waals surface area (Å²) in [4.78, 5) is 7.66. The van der Waals surface area contributed by atoms with E-state index in [1.807, 2.05) is 18.2 Å². The van der Waals surface area contributed by atoms with Crippen molar-refractivity contribution in [2.75, 3.05) is 18.0 Å². The smallest absolute Gasteiger partial charge is 0.185 e. The number of sulfone groups is 1. The van der Waals surface area contributed by atoms with Gasteiger partial charge in [-0.2, -0.15) is 0 Å². The van der Waals surface area contributed by atoms with Gasteiger partial charge in [-0.15, -0.1) is 11.3 Å². The first kappa shape index (κ1) is 29.4. The molecule has 1 aliphatic rings. The molecule has 1 aliphatic heterocycles. The van der Waals surface area contributed by atoms with Crippen LogP contribution in [0.4, 0.5) is 5.13 Å². The number of thiazole rings is 1. The molecule has 0 amide bonds. The standard InChI is InChI=1S/C30H38Cl2N2O2S2/c1-18(2)22-15-25(19(3)4)29(26(16-22)20(5)6)38(35,36)24-9-11-34(12-10-24)30-33-23(17-37-30)13-21-7-8-27(31)28(32)14-21/h7-8,14-20,24H,9-13H2,1-6H3. The number of hydrogen-bond donors (Lipinski definition) is 0. The second kappa shape index (κ2) is 11.9. The van der Waals surface area contributed by atoms with E-state index < -0.39 is 9.84 Å². The molecule has 2 heterocycles. The fourth-order valence-corrected chi connectivity index (χ4v) is 8.73. The zero-order chi connectivity index (χ0) is 27.8. The van der Waals surface area contributed by atoms with Gasteiger partial charge in [-0.05, 0) is 65.0 Å². The maximum Gasteiger partial charge on any atom is 0.185 e. The van der Waals surface area contributed by atoms with Crippen LogP contribution in [0.3, 0.4) is 0 Å². The summed E-state index contributed by atoms with van der Waals surface area (Å²) < 4.78 is 28.3. The minimum atomic E-state index is -3.47. The third-order valence-electron chi connectivity index (χ3n) is 7.42. The molecule has 0 spiro atoms. The van der Waals surface area contributed by atoms with E-state index in [1.54, 1.807) is 11.3 Å². The fourth-order valence-electron chi connectivity index (χ4n) is 5.12. The first-order valence-corrected chi connectivity index (χ1v) is 16.6. The van der Waals surface area contributed by atoms with Gasteiger partial charge in [-0.1, -0.05) is 82.9 Å². The molecule has 1 aromatic heterocycles.